The van der Waals surface area contributed by atoms with Crippen LogP contribution in [0.5, 0.6) is 0 Å². The van der Waals surface area contributed by atoms with E-state index in [-0.39, 0.29) is 11.4 Å². The van der Waals surface area contributed by atoms with Gasteiger partial charge in [0.15, 0.2) is 0 Å². The fourth-order valence-corrected chi connectivity index (χ4v) is 1.11. The van der Waals surface area contributed by atoms with Crippen molar-refractivity contribution in [3.63, 3.8) is 0 Å². The number of aryl methyl sites for hydroxylation is 1. The van der Waals surface area contributed by atoms with Crippen molar-refractivity contribution in [2.75, 3.05) is 11.9 Å². The van der Waals surface area contributed by atoms with Crippen LogP contribution in [0.25, 0.3) is 0 Å². The lowest BCUT2D eigenvalue weighted by molar-refractivity contribution is 0.545. The van der Waals surface area contributed by atoms with Crippen molar-refractivity contribution in [1.82, 2.24) is 0 Å². The number of hydrogen-bond acceptors (Lipinski definition) is 2. The first-order valence-corrected chi connectivity index (χ1v) is 4.68. The van der Waals surface area contributed by atoms with Crippen LogP contribution in [0, 0.1) is 12.7 Å². The molecule has 3 N–H and O–H groups in total. The van der Waals surface area contributed by atoms with Crippen molar-refractivity contribution in [1.29, 1.82) is 0 Å². The molecule has 0 saturated heterocycles. The molecule has 0 saturated carbocycles. The molecule has 2 nitrogen and oxygen atoms in total. The lowest BCUT2D eigenvalue weighted by Gasteiger charge is -2.20. The van der Waals surface area contributed by atoms with Gasteiger partial charge in [0.25, 0.3) is 0 Å². The molecule has 0 radical (unpaired) electrons. The lowest BCUT2D eigenvalue weighted by atomic mass is 10.1. The standard InChI is InChI=1S/C11H17FN2/c1-8-5-4-6-9(10(8)12)14-7-11(2,3)13/h4-6,14H,7,13H2,1-3H3. The molecule has 0 aliphatic carbocycles. The molecule has 3 heteroatoms. The number of anilines is 1. The Hall–Kier alpha value is -1.09. The Morgan fingerprint density at radius 3 is 2.64 bits per heavy atom. The van der Waals surface area contributed by atoms with E-state index >= 15 is 0 Å². The van der Waals surface area contributed by atoms with Gasteiger partial charge in [-0.05, 0) is 32.4 Å². The molecule has 0 bridgehead atoms. The normalized spacial score (nSPS) is 11.5. The van der Waals surface area contributed by atoms with Crippen molar-refractivity contribution in [3.05, 3.63) is 29.6 Å². The molecule has 1 aromatic carbocycles. The van der Waals surface area contributed by atoms with Crippen molar-refractivity contribution in [3.8, 4) is 0 Å². The van der Waals surface area contributed by atoms with Crippen molar-refractivity contribution < 1.29 is 4.39 Å². The highest BCUT2D eigenvalue weighted by atomic mass is 19.1. The number of rotatable bonds is 3. The molecule has 1 rings (SSSR count). The third kappa shape index (κ3) is 3.00. The molecule has 0 aromatic heterocycles. The van der Waals surface area contributed by atoms with Crippen LogP contribution >= 0.6 is 0 Å². The highest BCUT2D eigenvalue weighted by Crippen LogP contribution is 2.17. The van der Waals surface area contributed by atoms with Gasteiger partial charge in [0.2, 0.25) is 0 Å². The molecular formula is C11H17FN2. The summed E-state index contributed by atoms with van der Waals surface area (Å²) >= 11 is 0. The molecule has 0 unspecified atom stereocenters. The van der Waals surface area contributed by atoms with Gasteiger partial charge in [-0.15, -0.1) is 0 Å². The number of halogens is 1. The highest BCUT2D eigenvalue weighted by Gasteiger charge is 2.11. The molecule has 1 aromatic rings. The molecule has 0 fully saturated rings. The van der Waals surface area contributed by atoms with E-state index in [9.17, 15) is 4.39 Å². The summed E-state index contributed by atoms with van der Waals surface area (Å²) in [5.74, 6) is -0.197. The monoisotopic (exact) mass is 196 g/mol. The predicted molar refractivity (Wildman–Crippen MR) is 57.9 cm³/mol. The van der Waals surface area contributed by atoms with Crippen molar-refractivity contribution >= 4 is 5.69 Å². The Morgan fingerprint density at radius 2 is 2.07 bits per heavy atom. The Morgan fingerprint density at radius 1 is 1.43 bits per heavy atom. The minimum atomic E-state index is -0.337. The fourth-order valence-electron chi connectivity index (χ4n) is 1.11. The van der Waals surface area contributed by atoms with E-state index in [4.69, 9.17) is 5.73 Å². The van der Waals surface area contributed by atoms with Crippen molar-refractivity contribution in [2.45, 2.75) is 26.3 Å². The summed E-state index contributed by atoms with van der Waals surface area (Å²) in [6, 6.07) is 5.28. The quantitative estimate of drug-likeness (QED) is 0.778. The first-order chi connectivity index (χ1) is 6.40. The van der Waals surface area contributed by atoms with Crippen LogP contribution in [0.15, 0.2) is 18.2 Å². The zero-order chi connectivity index (χ0) is 10.8. The Kier molecular flexibility index (Phi) is 3.11. The third-order valence-corrected chi connectivity index (χ3v) is 1.93. The van der Waals surface area contributed by atoms with Crippen LogP contribution in [0.2, 0.25) is 0 Å². The van der Waals surface area contributed by atoms with Gasteiger partial charge in [-0.1, -0.05) is 12.1 Å². The second-order valence-electron chi connectivity index (χ2n) is 4.28. The van der Waals surface area contributed by atoms with Crippen LogP contribution < -0.4 is 11.1 Å². The summed E-state index contributed by atoms with van der Waals surface area (Å²) in [4.78, 5) is 0. The molecule has 0 atom stereocenters. The molecule has 0 amide bonds. The second kappa shape index (κ2) is 3.96. The molecule has 0 aliphatic rings. The maximum absolute atomic E-state index is 13.5. The summed E-state index contributed by atoms with van der Waals surface area (Å²) < 4.78 is 13.5. The van der Waals surface area contributed by atoms with E-state index < -0.39 is 0 Å². The van der Waals surface area contributed by atoms with Gasteiger partial charge in [0, 0.05) is 12.1 Å². The molecule has 0 heterocycles. The Bertz CT molecular complexity index is 316. The van der Waals surface area contributed by atoms with Gasteiger partial charge in [-0.25, -0.2) is 4.39 Å². The highest BCUT2D eigenvalue weighted by molar-refractivity contribution is 5.47. The van der Waals surface area contributed by atoms with Crippen LogP contribution in [-0.4, -0.2) is 12.1 Å². The number of nitrogens with one attached hydrogen (secondary N) is 1. The van der Waals surface area contributed by atoms with Gasteiger partial charge in [0.1, 0.15) is 5.82 Å². The first kappa shape index (κ1) is 11.0. The average Bonchev–Trinajstić information content (AvgIpc) is 2.06. The predicted octanol–water partition coefficient (Wildman–Crippen LogP) is 2.28. The second-order valence-corrected chi connectivity index (χ2v) is 4.28. The van der Waals surface area contributed by atoms with Gasteiger partial charge < -0.3 is 11.1 Å². The average molecular weight is 196 g/mol. The van der Waals surface area contributed by atoms with E-state index in [2.05, 4.69) is 5.32 Å². The van der Waals surface area contributed by atoms with E-state index in [0.29, 0.717) is 17.8 Å². The largest absolute Gasteiger partial charge is 0.381 e. The fraction of sp³-hybridized carbons (Fsp3) is 0.455. The number of benzene rings is 1. The molecule has 0 aliphatic heterocycles. The van der Waals surface area contributed by atoms with Crippen molar-refractivity contribution in [2.24, 2.45) is 5.73 Å². The SMILES string of the molecule is Cc1cccc(NCC(C)(C)N)c1F. The smallest absolute Gasteiger partial charge is 0.149 e. The van der Waals surface area contributed by atoms with E-state index in [1.807, 2.05) is 19.9 Å². The van der Waals surface area contributed by atoms with Gasteiger partial charge in [0.05, 0.1) is 5.69 Å². The minimum Gasteiger partial charge on any atom is -0.381 e. The summed E-state index contributed by atoms with van der Waals surface area (Å²) in [5.41, 5.74) is 6.61. The van der Waals surface area contributed by atoms with Gasteiger partial charge >= 0.3 is 0 Å². The number of hydrogen-bond donors (Lipinski definition) is 2. The zero-order valence-corrected chi connectivity index (χ0v) is 8.89. The zero-order valence-electron chi connectivity index (χ0n) is 8.89. The van der Waals surface area contributed by atoms with E-state index in [0.717, 1.165) is 0 Å². The Balaban J connectivity index is 2.73. The third-order valence-electron chi connectivity index (χ3n) is 1.93. The molecule has 78 valence electrons. The summed E-state index contributed by atoms with van der Waals surface area (Å²) in [6.07, 6.45) is 0. The van der Waals surface area contributed by atoms with E-state index in [1.165, 1.54) is 0 Å². The molecule has 0 spiro atoms. The van der Waals surface area contributed by atoms with Crippen LogP contribution in [0.4, 0.5) is 10.1 Å². The summed E-state index contributed by atoms with van der Waals surface area (Å²) in [7, 11) is 0. The van der Waals surface area contributed by atoms with Crippen LogP contribution in [0.3, 0.4) is 0 Å². The number of nitrogens with two attached hydrogens (primary N) is 1. The molecular weight excluding hydrogens is 179 g/mol. The summed E-state index contributed by atoms with van der Waals surface area (Å²) in [6.45, 7) is 6.09. The van der Waals surface area contributed by atoms with E-state index in [1.54, 1.807) is 19.1 Å². The van der Waals surface area contributed by atoms with Gasteiger partial charge in [-0.3, -0.25) is 0 Å². The minimum absolute atomic E-state index is 0.197. The topological polar surface area (TPSA) is 38.0 Å². The van der Waals surface area contributed by atoms with Crippen LogP contribution in [0.1, 0.15) is 19.4 Å². The maximum Gasteiger partial charge on any atom is 0.149 e. The van der Waals surface area contributed by atoms with Crippen LogP contribution in [-0.2, 0) is 0 Å². The maximum atomic E-state index is 13.5. The molecule has 14 heavy (non-hydrogen) atoms. The summed E-state index contributed by atoms with van der Waals surface area (Å²) in [5, 5.41) is 2.99. The first-order valence-electron chi connectivity index (χ1n) is 4.68. The van der Waals surface area contributed by atoms with Gasteiger partial charge in [-0.2, -0.15) is 0 Å². The Labute approximate surface area is 84.3 Å². The lowest BCUT2D eigenvalue weighted by Crippen LogP contribution is -2.39.